The van der Waals surface area contributed by atoms with Gasteiger partial charge < -0.3 is 5.43 Å². The molecule has 0 saturated carbocycles. The second-order valence-electron chi connectivity index (χ2n) is 5.15. The molecule has 0 bridgehead atoms. The molecule has 3 N–H and O–H groups in total. The van der Waals surface area contributed by atoms with Gasteiger partial charge in [0, 0.05) is 23.5 Å². The molecule has 1 heterocycles. The molecule has 0 aliphatic rings. The van der Waals surface area contributed by atoms with Crippen LogP contribution in [0, 0.1) is 0 Å². The first kappa shape index (κ1) is 14.8. The first-order chi connectivity index (χ1) is 9.69. The Balaban J connectivity index is 2.36. The first-order valence-corrected chi connectivity index (χ1v) is 7.28. The number of pyridine rings is 1. The Kier molecular flexibility index (Phi) is 4.93. The summed E-state index contributed by atoms with van der Waals surface area (Å²) in [4.78, 5) is 7.04. The Bertz CT molecular complexity index is 567. The lowest BCUT2D eigenvalue weighted by molar-refractivity contribution is 0.206. The number of anilines is 1. The van der Waals surface area contributed by atoms with Gasteiger partial charge in [0.2, 0.25) is 0 Å². The number of hydrazine groups is 1. The number of hydrogen-bond acceptors (Lipinski definition) is 4. The minimum atomic E-state index is 0.553. The van der Waals surface area contributed by atoms with Crippen LogP contribution in [0.2, 0.25) is 0 Å². The Morgan fingerprint density at radius 1 is 1.30 bits per heavy atom. The fourth-order valence-electron chi connectivity index (χ4n) is 2.46. The minimum absolute atomic E-state index is 0.553. The predicted molar refractivity (Wildman–Crippen MR) is 85.4 cm³/mol. The fraction of sp³-hybridized carbons (Fsp3) is 0.438. The summed E-state index contributed by atoms with van der Waals surface area (Å²) in [5.74, 6) is 6.41. The van der Waals surface area contributed by atoms with Gasteiger partial charge in [-0.3, -0.25) is 4.90 Å². The van der Waals surface area contributed by atoms with E-state index in [4.69, 9.17) is 5.84 Å². The van der Waals surface area contributed by atoms with Gasteiger partial charge in [0.05, 0.1) is 5.52 Å². The van der Waals surface area contributed by atoms with Gasteiger partial charge in [-0.2, -0.15) is 0 Å². The molecule has 0 saturated heterocycles. The average molecular weight is 272 g/mol. The van der Waals surface area contributed by atoms with Gasteiger partial charge in [0.1, 0.15) is 5.82 Å². The molecule has 1 atom stereocenters. The molecule has 4 nitrogen and oxygen atoms in total. The molecule has 0 amide bonds. The van der Waals surface area contributed by atoms with Gasteiger partial charge >= 0.3 is 0 Å². The van der Waals surface area contributed by atoms with Crippen LogP contribution in [0.25, 0.3) is 10.9 Å². The van der Waals surface area contributed by atoms with Crippen molar-refractivity contribution in [1.82, 2.24) is 9.88 Å². The van der Waals surface area contributed by atoms with Crippen LogP contribution in [-0.4, -0.2) is 22.5 Å². The third-order valence-electron chi connectivity index (χ3n) is 3.93. The van der Waals surface area contributed by atoms with Gasteiger partial charge in [-0.15, -0.1) is 0 Å². The topological polar surface area (TPSA) is 54.2 Å². The van der Waals surface area contributed by atoms with Crippen molar-refractivity contribution < 1.29 is 0 Å². The average Bonchev–Trinajstić information content (AvgIpc) is 2.50. The number of fused-ring (bicyclic) bond motifs is 1. The zero-order valence-electron chi connectivity index (χ0n) is 12.6. The van der Waals surface area contributed by atoms with Crippen LogP contribution in [0.4, 0.5) is 5.82 Å². The zero-order chi connectivity index (χ0) is 14.5. The van der Waals surface area contributed by atoms with E-state index >= 15 is 0 Å². The number of para-hydroxylation sites is 1. The van der Waals surface area contributed by atoms with Crippen LogP contribution < -0.4 is 11.3 Å². The molecule has 108 valence electrons. The number of benzene rings is 1. The van der Waals surface area contributed by atoms with Gasteiger partial charge in [0.15, 0.2) is 0 Å². The van der Waals surface area contributed by atoms with E-state index in [1.54, 1.807) is 0 Å². The lowest BCUT2D eigenvalue weighted by atomic mass is 10.1. The lowest BCUT2D eigenvalue weighted by Gasteiger charge is -2.27. The van der Waals surface area contributed by atoms with E-state index in [-0.39, 0.29) is 0 Å². The standard InChI is InChI=1S/C16H24N4/c1-4-12(3)20(5-2)11-14-10-13-8-6-7-9-15(13)18-16(14)19-17/h6-10,12H,4-5,11,17H2,1-3H3,(H,18,19). The number of nitrogens with two attached hydrogens (primary N) is 1. The smallest absolute Gasteiger partial charge is 0.145 e. The molecule has 1 aromatic carbocycles. The van der Waals surface area contributed by atoms with Crippen LogP contribution in [0.3, 0.4) is 0 Å². The molecule has 20 heavy (non-hydrogen) atoms. The maximum Gasteiger partial charge on any atom is 0.145 e. The molecule has 2 aromatic rings. The van der Waals surface area contributed by atoms with E-state index in [0.29, 0.717) is 6.04 Å². The molecule has 4 heteroatoms. The number of rotatable bonds is 6. The highest BCUT2D eigenvalue weighted by Gasteiger charge is 2.14. The Hall–Kier alpha value is -1.65. The normalized spacial score (nSPS) is 12.8. The monoisotopic (exact) mass is 272 g/mol. The molecule has 0 radical (unpaired) electrons. The van der Waals surface area contributed by atoms with Crippen molar-refractivity contribution in [3.8, 4) is 0 Å². The molecule has 1 aromatic heterocycles. The summed E-state index contributed by atoms with van der Waals surface area (Å²) in [5, 5.41) is 1.15. The van der Waals surface area contributed by atoms with E-state index in [1.165, 1.54) is 0 Å². The van der Waals surface area contributed by atoms with Crippen molar-refractivity contribution in [2.75, 3.05) is 12.0 Å². The predicted octanol–water partition coefficient (Wildman–Crippen LogP) is 3.14. The molecule has 0 aliphatic carbocycles. The quantitative estimate of drug-likeness (QED) is 0.626. The van der Waals surface area contributed by atoms with E-state index < -0.39 is 0 Å². The summed E-state index contributed by atoms with van der Waals surface area (Å²) in [5.41, 5.74) is 4.85. The number of nitrogens with one attached hydrogen (secondary N) is 1. The highest BCUT2D eigenvalue weighted by Crippen LogP contribution is 2.22. The zero-order valence-corrected chi connectivity index (χ0v) is 12.6. The highest BCUT2D eigenvalue weighted by molar-refractivity contribution is 5.81. The molecular formula is C16H24N4. The Morgan fingerprint density at radius 3 is 2.70 bits per heavy atom. The second-order valence-corrected chi connectivity index (χ2v) is 5.15. The number of hydrogen-bond donors (Lipinski definition) is 2. The van der Waals surface area contributed by atoms with Crippen LogP contribution in [0.15, 0.2) is 30.3 Å². The third-order valence-corrected chi connectivity index (χ3v) is 3.93. The van der Waals surface area contributed by atoms with E-state index in [2.05, 4.69) is 48.2 Å². The molecule has 0 fully saturated rings. The van der Waals surface area contributed by atoms with E-state index in [0.717, 1.165) is 41.8 Å². The molecule has 2 rings (SSSR count). The Labute approximate surface area is 121 Å². The summed E-state index contributed by atoms with van der Waals surface area (Å²) in [6.07, 6.45) is 1.14. The minimum Gasteiger partial charge on any atom is -0.308 e. The maximum atomic E-state index is 5.64. The van der Waals surface area contributed by atoms with Gasteiger partial charge in [-0.1, -0.05) is 32.0 Å². The first-order valence-electron chi connectivity index (χ1n) is 7.28. The number of aromatic nitrogens is 1. The third kappa shape index (κ3) is 3.08. The molecular weight excluding hydrogens is 248 g/mol. The van der Waals surface area contributed by atoms with Gasteiger partial charge in [-0.05, 0) is 32.0 Å². The summed E-state index contributed by atoms with van der Waals surface area (Å²) in [6, 6.07) is 10.9. The Morgan fingerprint density at radius 2 is 2.05 bits per heavy atom. The fourth-order valence-corrected chi connectivity index (χ4v) is 2.46. The summed E-state index contributed by atoms with van der Waals surface area (Å²) in [7, 11) is 0. The van der Waals surface area contributed by atoms with Crippen molar-refractivity contribution in [2.45, 2.75) is 39.8 Å². The van der Waals surface area contributed by atoms with Crippen molar-refractivity contribution in [1.29, 1.82) is 0 Å². The summed E-state index contributed by atoms with van der Waals surface area (Å²) < 4.78 is 0. The number of nitrogen functional groups attached to an aromatic ring is 1. The van der Waals surface area contributed by atoms with Crippen molar-refractivity contribution in [3.05, 3.63) is 35.9 Å². The van der Waals surface area contributed by atoms with Crippen LogP contribution in [0.5, 0.6) is 0 Å². The largest absolute Gasteiger partial charge is 0.308 e. The van der Waals surface area contributed by atoms with Crippen molar-refractivity contribution >= 4 is 16.7 Å². The van der Waals surface area contributed by atoms with Crippen molar-refractivity contribution in [2.24, 2.45) is 5.84 Å². The second kappa shape index (κ2) is 6.68. The SMILES string of the molecule is CCC(C)N(CC)Cc1cc2ccccc2nc1NN. The summed E-state index contributed by atoms with van der Waals surface area (Å²) >= 11 is 0. The van der Waals surface area contributed by atoms with Gasteiger partial charge in [-0.25, -0.2) is 10.8 Å². The van der Waals surface area contributed by atoms with E-state index in [1.807, 2.05) is 18.2 Å². The summed E-state index contributed by atoms with van der Waals surface area (Å²) in [6.45, 7) is 8.55. The van der Waals surface area contributed by atoms with E-state index in [9.17, 15) is 0 Å². The van der Waals surface area contributed by atoms with Crippen LogP contribution in [-0.2, 0) is 6.54 Å². The van der Waals surface area contributed by atoms with Crippen molar-refractivity contribution in [3.63, 3.8) is 0 Å². The lowest BCUT2D eigenvalue weighted by Crippen LogP contribution is -2.32. The van der Waals surface area contributed by atoms with Crippen LogP contribution >= 0.6 is 0 Å². The number of nitrogens with zero attached hydrogens (tertiary/aromatic N) is 2. The van der Waals surface area contributed by atoms with Gasteiger partial charge in [0.25, 0.3) is 0 Å². The van der Waals surface area contributed by atoms with Crippen LogP contribution in [0.1, 0.15) is 32.8 Å². The molecule has 0 spiro atoms. The molecule has 0 aliphatic heterocycles. The highest BCUT2D eigenvalue weighted by atomic mass is 15.3. The maximum absolute atomic E-state index is 5.64. The molecule has 1 unspecified atom stereocenters.